The smallest absolute Gasteiger partial charge is 0.322 e. The molecule has 1 N–H and O–H groups in total. The van der Waals surface area contributed by atoms with Crippen LogP contribution in [0.15, 0.2) is 48.5 Å². The van der Waals surface area contributed by atoms with Gasteiger partial charge in [0.2, 0.25) is 0 Å². The van der Waals surface area contributed by atoms with Gasteiger partial charge in [-0.15, -0.1) is 0 Å². The van der Waals surface area contributed by atoms with E-state index in [0.717, 1.165) is 5.56 Å². The van der Waals surface area contributed by atoms with E-state index in [2.05, 4.69) is 5.32 Å². The Hall–Kier alpha value is -2.61. The van der Waals surface area contributed by atoms with Crippen molar-refractivity contribution in [3.63, 3.8) is 0 Å². The van der Waals surface area contributed by atoms with Gasteiger partial charge in [0.25, 0.3) is 0 Å². The molecule has 2 aromatic carbocycles. The summed E-state index contributed by atoms with van der Waals surface area (Å²) in [5.41, 5.74) is 0.881. The van der Waals surface area contributed by atoms with Gasteiger partial charge in [-0.2, -0.15) is 0 Å². The van der Waals surface area contributed by atoms with Crippen LogP contribution in [0.4, 0.5) is 14.9 Å². The molecule has 1 saturated heterocycles. The van der Waals surface area contributed by atoms with Crippen molar-refractivity contribution in [2.24, 2.45) is 0 Å². The normalized spacial score (nSPS) is 18.1. The third-order valence-corrected chi connectivity index (χ3v) is 6.29. The number of halogens is 1. The Morgan fingerprint density at radius 1 is 1.22 bits per heavy atom. The Labute approximate surface area is 157 Å². The van der Waals surface area contributed by atoms with E-state index < -0.39 is 27.7 Å². The minimum absolute atomic E-state index is 0.0454. The fourth-order valence-corrected chi connectivity index (χ4v) is 4.80. The van der Waals surface area contributed by atoms with Crippen molar-refractivity contribution in [2.45, 2.75) is 19.0 Å². The Balaban J connectivity index is 1.82. The zero-order chi connectivity index (χ0) is 19.4. The van der Waals surface area contributed by atoms with Gasteiger partial charge in [-0.1, -0.05) is 24.3 Å². The van der Waals surface area contributed by atoms with Crippen LogP contribution in [-0.2, 0) is 16.4 Å². The van der Waals surface area contributed by atoms with Crippen molar-refractivity contribution in [2.75, 3.05) is 23.9 Å². The molecule has 0 aliphatic carbocycles. The van der Waals surface area contributed by atoms with Crippen LogP contribution in [-0.4, -0.2) is 44.0 Å². The van der Waals surface area contributed by atoms with Crippen molar-refractivity contribution < 1.29 is 22.3 Å². The molecule has 1 atom stereocenters. The third-order valence-electron chi connectivity index (χ3n) is 4.54. The summed E-state index contributed by atoms with van der Waals surface area (Å²) in [6.07, 6.45) is 0.364. The number of methoxy groups -OCH3 is 1. The van der Waals surface area contributed by atoms with Gasteiger partial charge in [0.05, 0.1) is 24.3 Å². The molecule has 27 heavy (non-hydrogen) atoms. The summed E-state index contributed by atoms with van der Waals surface area (Å²) in [7, 11) is -1.61. The molecule has 1 aliphatic rings. The second-order valence-electron chi connectivity index (χ2n) is 6.44. The monoisotopic (exact) mass is 392 g/mol. The fourth-order valence-electron chi connectivity index (χ4n) is 3.07. The number of benzene rings is 2. The number of ether oxygens (including phenoxy) is 1. The number of hydrogen-bond donors (Lipinski definition) is 1. The van der Waals surface area contributed by atoms with Crippen molar-refractivity contribution in [1.82, 2.24) is 4.90 Å². The van der Waals surface area contributed by atoms with E-state index in [-0.39, 0.29) is 23.7 Å². The molecule has 1 aliphatic heterocycles. The highest BCUT2D eigenvalue weighted by molar-refractivity contribution is 7.91. The maximum atomic E-state index is 13.9. The number of nitrogens with one attached hydrogen (secondary N) is 1. The van der Waals surface area contributed by atoms with Gasteiger partial charge in [0.1, 0.15) is 11.6 Å². The number of rotatable bonds is 5. The summed E-state index contributed by atoms with van der Waals surface area (Å²) in [6, 6.07) is 12.0. The summed E-state index contributed by atoms with van der Waals surface area (Å²) in [4.78, 5) is 14.3. The van der Waals surface area contributed by atoms with Gasteiger partial charge < -0.3 is 15.0 Å². The largest absolute Gasteiger partial charge is 0.497 e. The number of amides is 2. The zero-order valence-corrected chi connectivity index (χ0v) is 15.7. The molecular weight excluding hydrogens is 371 g/mol. The number of nitrogens with zero attached hydrogens (tertiary/aromatic N) is 1. The van der Waals surface area contributed by atoms with Crippen molar-refractivity contribution in [3.05, 3.63) is 59.9 Å². The van der Waals surface area contributed by atoms with E-state index in [9.17, 15) is 17.6 Å². The first-order valence-electron chi connectivity index (χ1n) is 8.53. The number of hydrogen-bond acceptors (Lipinski definition) is 4. The minimum Gasteiger partial charge on any atom is -0.497 e. The van der Waals surface area contributed by atoms with Gasteiger partial charge in [-0.25, -0.2) is 17.6 Å². The summed E-state index contributed by atoms with van der Waals surface area (Å²) in [5.74, 6) is 0.0938. The van der Waals surface area contributed by atoms with E-state index in [1.165, 1.54) is 23.1 Å². The average molecular weight is 392 g/mol. The fraction of sp³-hybridized carbons (Fsp3) is 0.316. The van der Waals surface area contributed by atoms with Crippen molar-refractivity contribution in [3.8, 4) is 5.75 Å². The molecule has 0 spiro atoms. The lowest BCUT2D eigenvalue weighted by molar-refractivity contribution is 0.190. The van der Waals surface area contributed by atoms with E-state index in [1.807, 2.05) is 12.1 Å². The van der Waals surface area contributed by atoms with Crippen LogP contribution in [0.25, 0.3) is 0 Å². The molecule has 1 fully saturated rings. The van der Waals surface area contributed by atoms with Crippen LogP contribution in [0.1, 0.15) is 12.0 Å². The average Bonchev–Trinajstić information content (AvgIpc) is 3.01. The minimum atomic E-state index is -3.17. The molecule has 2 amide bonds. The summed E-state index contributed by atoms with van der Waals surface area (Å²) >= 11 is 0. The predicted octanol–water partition coefficient (Wildman–Crippen LogP) is 3.06. The Kier molecular flexibility index (Phi) is 5.65. The highest BCUT2D eigenvalue weighted by Gasteiger charge is 2.35. The Morgan fingerprint density at radius 3 is 2.52 bits per heavy atom. The second-order valence-corrected chi connectivity index (χ2v) is 8.67. The molecule has 6 nitrogen and oxygen atoms in total. The molecule has 1 heterocycles. The Morgan fingerprint density at radius 2 is 1.93 bits per heavy atom. The highest BCUT2D eigenvalue weighted by Crippen LogP contribution is 2.23. The van der Waals surface area contributed by atoms with Crippen LogP contribution in [0, 0.1) is 5.82 Å². The number of anilines is 1. The summed E-state index contributed by atoms with van der Waals surface area (Å²) in [6.45, 7) is 0.213. The van der Waals surface area contributed by atoms with E-state index >= 15 is 0 Å². The molecular formula is C19H21FN2O4S. The first-order valence-corrected chi connectivity index (χ1v) is 10.4. The molecule has 2 aromatic rings. The molecule has 0 bridgehead atoms. The molecule has 0 unspecified atom stereocenters. The first kappa shape index (κ1) is 19.2. The maximum Gasteiger partial charge on any atom is 0.322 e. The van der Waals surface area contributed by atoms with E-state index in [0.29, 0.717) is 12.2 Å². The lowest BCUT2D eigenvalue weighted by Crippen LogP contribution is -2.43. The van der Waals surface area contributed by atoms with E-state index in [1.54, 1.807) is 25.3 Å². The molecule has 0 saturated carbocycles. The number of urea groups is 1. The van der Waals surface area contributed by atoms with Crippen LogP contribution < -0.4 is 10.1 Å². The standard InChI is InChI=1S/C19H21FN2O4S/c1-26-16-8-6-14(7-9-16)12-22(15-10-11-27(24,25)13-15)19(23)21-18-5-3-2-4-17(18)20/h2-9,15H,10-13H2,1H3,(H,21,23)/t15-/m1/s1. The third kappa shape index (κ3) is 4.77. The lowest BCUT2D eigenvalue weighted by atomic mass is 10.1. The molecule has 3 rings (SSSR count). The molecule has 8 heteroatoms. The van der Waals surface area contributed by atoms with Gasteiger partial charge in [0.15, 0.2) is 9.84 Å². The topological polar surface area (TPSA) is 75.7 Å². The number of sulfone groups is 1. The van der Waals surface area contributed by atoms with Crippen LogP contribution in [0.5, 0.6) is 5.75 Å². The quantitative estimate of drug-likeness (QED) is 0.849. The number of carbonyl (C=O) groups is 1. The number of carbonyl (C=O) groups excluding carboxylic acids is 1. The van der Waals surface area contributed by atoms with Gasteiger partial charge in [-0.3, -0.25) is 0 Å². The maximum absolute atomic E-state index is 13.9. The second kappa shape index (κ2) is 7.96. The van der Waals surface area contributed by atoms with Crippen LogP contribution in [0.2, 0.25) is 0 Å². The predicted molar refractivity (Wildman–Crippen MR) is 101 cm³/mol. The SMILES string of the molecule is COc1ccc(CN(C(=O)Nc2ccccc2F)[C@@H]2CCS(=O)(=O)C2)cc1. The van der Waals surface area contributed by atoms with E-state index in [4.69, 9.17) is 4.74 Å². The summed E-state index contributed by atoms with van der Waals surface area (Å²) in [5, 5.41) is 2.55. The highest BCUT2D eigenvalue weighted by atomic mass is 32.2. The molecule has 0 radical (unpaired) electrons. The van der Waals surface area contributed by atoms with Crippen LogP contribution in [0.3, 0.4) is 0 Å². The van der Waals surface area contributed by atoms with Crippen molar-refractivity contribution in [1.29, 1.82) is 0 Å². The van der Waals surface area contributed by atoms with Crippen LogP contribution >= 0.6 is 0 Å². The number of para-hydroxylation sites is 1. The van der Waals surface area contributed by atoms with Gasteiger partial charge in [-0.05, 0) is 36.2 Å². The molecule has 144 valence electrons. The molecule has 0 aromatic heterocycles. The van der Waals surface area contributed by atoms with Gasteiger partial charge in [0, 0.05) is 12.6 Å². The first-order chi connectivity index (χ1) is 12.9. The zero-order valence-electron chi connectivity index (χ0n) is 14.9. The van der Waals surface area contributed by atoms with Gasteiger partial charge >= 0.3 is 6.03 Å². The van der Waals surface area contributed by atoms with Crippen molar-refractivity contribution >= 4 is 21.6 Å². The Bertz CT molecular complexity index is 916. The lowest BCUT2D eigenvalue weighted by Gasteiger charge is -2.28. The summed E-state index contributed by atoms with van der Waals surface area (Å²) < 4.78 is 42.8.